The lowest BCUT2D eigenvalue weighted by Gasteiger charge is -2.39. The first-order chi connectivity index (χ1) is 6.87. The van der Waals surface area contributed by atoms with E-state index in [0.29, 0.717) is 5.92 Å². The molecule has 2 aliphatic heterocycles. The molecular formula is C12H24O3. The molecule has 2 aliphatic rings. The van der Waals surface area contributed by atoms with E-state index in [0.717, 1.165) is 12.8 Å². The van der Waals surface area contributed by atoms with Gasteiger partial charge in [0.1, 0.15) is 12.2 Å². The number of aliphatic hydroxyl groups is 2. The molecule has 0 aromatic heterocycles. The second kappa shape index (κ2) is 4.04. The maximum Gasteiger partial charge on any atom is 0.111 e. The molecule has 0 amide bonds. The van der Waals surface area contributed by atoms with Crippen LogP contribution in [0.3, 0.4) is 0 Å². The molecule has 2 N–H and O–H groups in total. The van der Waals surface area contributed by atoms with Gasteiger partial charge in [0.15, 0.2) is 0 Å². The van der Waals surface area contributed by atoms with Crippen molar-refractivity contribution in [2.45, 2.75) is 70.9 Å². The van der Waals surface area contributed by atoms with Crippen molar-refractivity contribution < 1.29 is 14.9 Å². The molecule has 90 valence electrons. The molecule has 4 unspecified atom stereocenters. The molecular weight excluding hydrogens is 192 g/mol. The standard InChI is InChI=1S/C10H18O3.C2H6/c1-6-4-9(2)7(11)8(12)10(3,5-6)13-9;1-2/h6-8,11-12H,4-5H2,1-3H3;1-2H3/t6?,7?,8?,9-,10?;/m0./s1. The average molecular weight is 216 g/mol. The van der Waals surface area contributed by atoms with Gasteiger partial charge in [-0.2, -0.15) is 0 Å². The summed E-state index contributed by atoms with van der Waals surface area (Å²) in [5, 5.41) is 19.7. The minimum absolute atomic E-state index is 0.510. The molecule has 2 rings (SSSR count). The van der Waals surface area contributed by atoms with E-state index in [1.54, 1.807) is 0 Å². The molecule has 0 aliphatic carbocycles. The van der Waals surface area contributed by atoms with Gasteiger partial charge < -0.3 is 14.9 Å². The number of ether oxygens (including phenoxy) is 1. The van der Waals surface area contributed by atoms with Gasteiger partial charge in [-0.3, -0.25) is 0 Å². The highest BCUT2D eigenvalue weighted by Crippen LogP contribution is 2.49. The Balaban J connectivity index is 0.000000531. The predicted molar refractivity (Wildman–Crippen MR) is 59.7 cm³/mol. The van der Waals surface area contributed by atoms with Crippen LogP contribution in [0.5, 0.6) is 0 Å². The minimum Gasteiger partial charge on any atom is -0.387 e. The largest absolute Gasteiger partial charge is 0.387 e. The summed E-state index contributed by atoms with van der Waals surface area (Å²) in [7, 11) is 0. The fourth-order valence-corrected chi connectivity index (χ4v) is 3.10. The Labute approximate surface area is 92.4 Å². The smallest absolute Gasteiger partial charge is 0.111 e. The minimum atomic E-state index is -0.734. The zero-order chi connectivity index (χ0) is 11.9. The van der Waals surface area contributed by atoms with Crippen LogP contribution in [0.4, 0.5) is 0 Å². The molecule has 0 saturated carbocycles. The van der Waals surface area contributed by atoms with Crippen LogP contribution in [0.1, 0.15) is 47.5 Å². The number of fused-ring (bicyclic) bond motifs is 2. The number of aliphatic hydroxyl groups excluding tert-OH is 2. The summed E-state index contributed by atoms with van der Waals surface area (Å²) in [6.45, 7) is 9.92. The quantitative estimate of drug-likeness (QED) is 0.648. The van der Waals surface area contributed by atoms with Gasteiger partial charge in [-0.1, -0.05) is 20.8 Å². The van der Waals surface area contributed by atoms with E-state index in [2.05, 4.69) is 6.92 Å². The summed E-state index contributed by atoms with van der Waals surface area (Å²) >= 11 is 0. The van der Waals surface area contributed by atoms with Crippen LogP contribution in [0.2, 0.25) is 0 Å². The van der Waals surface area contributed by atoms with Crippen molar-refractivity contribution in [3.63, 3.8) is 0 Å². The molecule has 3 heteroatoms. The third kappa shape index (κ3) is 1.93. The van der Waals surface area contributed by atoms with Crippen molar-refractivity contribution in [1.29, 1.82) is 0 Å². The van der Waals surface area contributed by atoms with E-state index in [-0.39, 0.29) is 0 Å². The zero-order valence-electron chi connectivity index (χ0n) is 10.4. The summed E-state index contributed by atoms with van der Waals surface area (Å²) < 4.78 is 5.77. The fourth-order valence-electron chi connectivity index (χ4n) is 3.10. The van der Waals surface area contributed by atoms with Gasteiger partial charge in [-0.25, -0.2) is 0 Å². The molecule has 0 aromatic rings. The summed E-state index contributed by atoms with van der Waals surface area (Å²) in [4.78, 5) is 0. The van der Waals surface area contributed by atoms with E-state index in [9.17, 15) is 10.2 Å². The molecule has 0 radical (unpaired) electrons. The number of rotatable bonds is 0. The van der Waals surface area contributed by atoms with Crippen molar-refractivity contribution in [2.75, 3.05) is 0 Å². The van der Waals surface area contributed by atoms with Crippen LogP contribution in [-0.2, 0) is 4.74 Å². The summed E-state index contributed by atoms with van der Waals surface area (Å²) in [6, 6.07) is 0. The molecule has 15 heavy (non-hydrogen) atoms. The second-order valence-electron chi connectivity index (χ2n) is 5.13. The van der Waals surface area contributed by atoms with Gasteiger partial charge in [0.05, 0.1) is 11.2 Å². The average Bonchev–Trinajstić information content (AvgIpc) is 2.27. The van der Waals surface area contributed by atoms with Gasteiger partial charge in [-0.15, -0.1) is 0 Å². The first-order valence-electron chi connectivity index (χ1n) is 5.94. The molecule has 3 nitrogen and oxygen atoms in total. The van der Waals surface area contributed by atoms with Crippen molar-refractivity contribution in [3.05, 3.63) is 0 Å². The molecule has 2 saturated heterocycles. The predicted octanol–water partition coefficient (Wildman–Crippen LogP) is 1.71. The van der Waals surface area contributed by atoms with E-state index >= 15 is 0 Å². The van der Waals surface area contributed by atoms with Gasteiger partial charge in [0.2, 0.25) is 0 Å². The molecule has 2 heterocycles. The lowest BCUT2D eigenvalue weighted by Crippen LogP contribution is -2.43. The Kier molecular flexibility index (Phi) is 3.49. The highest BCUT2D eigenvalue weighted by molar-refractivity contribution is 5.10. The maximum atomic E-state index is 9.84. The highest BCUT2D eigenvalue weighted by atomic mass is 16.6. The van der Waals surface area contributed by atoms with Crippen LogP contribution in [0, 0.1) is 5.92 Å². The molecule has 2 fully saturated rings. The first kappa shape index (κ1) is 12.9. The van der Waals surface area contributed by atoms with Crippen molar-refractivity contribution in [3.8, 4) is 0 Å². The van der Waals surface area contributed by atoms with Crippen LogP contribution in [-0.4, -0.2) is 33.6 Å². The Hall–Kier alpha value is -0.120. The lowest BCUT2D eigenvalue weighted by atomic mass is 9.86. The van der Waals surface area contributed by atoms with Crippen molar-refractivity contribution >= 4 is 0 Å². The molecule has 2 bridgehead atoms. The van der Waals surface area contributed by atoms with Gasteiger partial charge in [0, 0.05) is 0 Å². The van der Waals surface area contributed by atoms with Crippen molar-refractivity contribution in [1.82, 2.24) is 0 Å². The maximum absolute atomic E-state index is 9.84. The van der Waals surface area contributed by atoms with E-state index in [1.165, 1.54) is 0 Å². The normalized spacial score (nSPS) is 53.4. The third-order valence-electron chi connectivity index (χ3n) is 3.52. The Morgan fingerprint density at radius 3 is 1.67 bits per heavy atom. The van der Waals surface area contributed by atoms with Gasteiger partial charge >= 0.3 is 0 Å². The second-order valence-corrected chi connectivity index (χ2v) is 5.13. The summed E-state index contributed by atoms with van der Waals surface area (Å²) in [6.07, 6.45) is 0.201. The van der Waals surface area contributed by atoms with E-state index in [1.807, 2.05) is 27.7 Å². The molecule has 0 aromatic carbocycles. The Morgan fingerprint density at radius 1 is 1.00 bits per heavy atom. The molecule has 5 atom stereocenters. The van der Waals surface area contributed by atoms with Crippen LogP contribution in [0.15, 0.2) is 0 Å². The third-order valence-corrected chi connectivity index (χ3v) is 3.52. The monoisotopic (exact) mass is 216 g/mol. The Bertz CT molecular complexity index is 209. The fraction of sp³-hybridized carbons (Fsp3) is 1.00. The SMILES string of the molecule is CC.CC1CC2(C)O[C@@](C)(C1)C(O)C2O. The van der Waals surface area contributed by atoms with E-state index < -0.39 is 23.4 Å². The topological polar surface area (TPSA) is 49.7 Å². The van der Waals surface area contributed by atoms with Crippen LogP contribution in [0.25, 0.3) is 0 Å². The number of hydrogen-bond donors (Lipinski definition) is 2. The van der Waals surface area contributed by atoms with Crippen molar-refractivity contribution in [2.24, 2.45) is 5.92 Å². The Morgan fingerprint density at radius 2 is 1.33 bits per heavy atom. The summed E-state index contributed by atoms with van der Waals surface area (Å²) in [5.74, 6) is 0.510. The zero-order valence-corrected chi connectivity index (χ0v) is 10.4. The lowest BCUT2D eigenvalue weighted by molar-refractivity contribution is -0.161. The summed E-state index contributed by atoms with van der Waals surface area (Å²) in [5.41, 5.74) is -1.07. The van der Waals surface area contributed by atoms with Gasteiger partial charge in [0.25, 0.3) is 0 Å². The molecule has 0 spiro atoms. The van der Waals surface area contributed by atoms with Crippen LogP contribution < -0.4 is 0 Å². The van der Waals surface area contributed by atoms with E-state index in [4.69, 9.17) is 4.74 Å². The van der Waals surface area contributed by atoms with Gasteiger partial charge in [-0.05, 0) is 32.6 Å². The highest BCUT2D eigenvalue weighted by Gasteiger charge is 2.60. The number of hydrogen-bond acceptors (Lipinski definition) is 3. The van der Waals surface area contributed by atoms with Crippen LogP contribution >= 0.6 is 0 Å². The first-order valence-corrected chi connectivity index (χ1v) is 5.94.